The van der Waals surface area contributed by atoms with E-state index in [2.05, 4.69) is 22.5 Å². The van der Waals surface area contributed by atoms with Crippen LogP contribution in [0.3, 0.4) is 0 Å². The molecule has 3 rings (SSSR count). The highest BCUT2D eigenvalue weighted by molar-refractivity contribution is 7.11. The van der Waals surface area contributed by atoms with E-state index < -0.39 is 0 Å². The van der Waals surface area contributed by atoms with Crippen LogP contribution in [0.15, 0.2) is 18.3 Å². The molecule has 1 saturated carbocycles. The average molecular weight is 282 g/mol. The molecule has 2 aromatic rings. The van der Waals surface area contributed by atoms with E-state index in [4.69, 9.17) is 11.6 Å². The van der Waals surface area contributed by atoms with Gasteiger partial charge < -0.3 is 5.32 Å². The summed E-state index contributed by atoms with van der Waals surface area (Å²) in [4.78, 5) is 2.72. The van der Waals surface area contributed by atoms with Crippen LogP contribution in [0.5, 0.6) is 0 Å². The zero-order valence-corrected chi connectivity index (χ0v) is 11.9. The summed E-state index contributed by atoms with van der Waals surface area (Å²) in [5.41, 5.74) is 1.03. The molecule has 0 aromatic carbocycles. The Hall–Kier alpha value is -0.840. The first-order valence-corrected chi connectivity index (χ1v) is 7.40. The highest BCUT2D eigenvalue weighted by Gasteiger charge is 2.20. The van der Waals surface area contributed by atoms with Gasteiger partial charge in [-0.15, -0.1) is 11.3 Å². The van der Waals surface area contributed by atoms with Crippen molar-refractivity contribution < 1.29 is 0 Å². The predicted molar refractivity (Wildman–Crippen MR) is 75.3 cm³/mol. The molecule has 1 fully saturated rings. The molecule has 5 heteroatoms. The van der Waals surface area contributed by atoms with Crippen LogP contribution in [-0.4, -0.2) is 15.8 Å². The molecule has 0 amide bonds. The number of aromatic nitrogens is 2. The molecule has 0 unspecified atom stereocenters. The Morgan fingerprint density at radius 3 is 2.89 bits per heavy atom. The lowest BCUT2D eigenvalue weighted by Gasteiger charge is -2.02. The maximum absolute atomic E-state index is 6.00. The predicted octanol–water partition coefficient (Wildman–Crippen LogP) is 3.21. The molecule has 0 saturated heterocycles. The fourth-order valence-electron chi connectivity index (χ4n) is 1.87. The Morgan fingerprint density at radius 1 is 1.44 bits per heavy atom. The zero-order chi connectivity index (χ0) is 12.5. The minimum atomic E-state index is 0.738. The van der Waals surface area contributed by atoms with Gasteiger partial charge in [-0.2, -0.15) is 5.10 Å². The Bertz CT molecular complexity index is 542. The van der Waals surface area contributed by atoms with Crippen molar-refractivity contribution in [3.8, 4) is 0 Å². The number of rotatable bonds is 5. The van der Waals surface area contributed by atoms with Crippen LogP contribution in [0.2, 0.25) is 5.02 Å². The van der Waals surface area contributed by atoms with Crippen molar-refractivity contribution in [2.24, 2.45) is 0 Å². The Balaban J connectivity index is 1.63. The van der Waals surface area contributed by atoms with Gasteiger partial charge in [-0.1, -0.05) is 11.6 Å². The molecule has 1 N–H and O–H groups in total. The van der Waals surface area contributed by atoms with Crippen molar-refractivity contribution in [1.29, 1.82) is 0 Å². The van der Waals surface area contributed by atoms with Gasteiger partial charge in [0.15, 0.2) is 0 Å². The third kappa shape index (κ3) is 2.76. The second kappa shape index (κ2) is 5.03. The summed E-state index contributed by atoms with van der Waals surface area (Å²) in [6.45, 7) is 3.80. The molecule has 2 aromatic heterocycles. The smallest absolute Gasteiger partial charge is 0.0815 e. The summed E-state index contributed by atoms with van der Waals surface area (Å²) in [5.74, 6) is 0. The Labute approximate surface area is 116 Å². The van der Waals surface area contributed by atoms with Gasteiger partial charge >= 0.3 is 0 Å². The zero-order valence-electron chi connectivity index (χ0n) is 10.3. The van der Waals surface area contributed by atoms with Crippen LogP contribution in [0.4, 0.5) is 0 Å². The van der Waals surface area contributed by atoms with Gasteiger partial charge in [0.25, 0.3) is 0 Å². The third-order valence-corrected chi connectivity index (χ3v) is 4.65. The molecule has 0 radical (unpaired) electrons. The Kier molecular flexibility index (Phi) is 3.41. The minimum absolute atomic E-state index is 0.738. The summed E-state index contributed by atoms with van der Waals surface area (Å²) in [7, 11) is 0. The van der Waals surface area contributed by atoms with Crippen LogP contribution in [-0.2, 0) is 13.1 Å². The lowest BCUT2D eigenvalue weighted by Crippen LogP contribution is -2.14. The highest BCUT2D eigenvalue weighted by atomic mass is 35.5. The maximum atomic E-state index is 6.00. The number of hydrogen-bond donors (Lipinski definition) is 1. The van der Waals surface area contributed by atoms with E-state index >= 15 is 0 Å². The monoisotopic (exact) mass is 281 g/mol. The molecule has 0 spiro atoms. The SMILES string of the molecule is Cc1c(Cl)cnn1Cc1ccc(CNC2CC2)s1. The van der Waals surface area contributed by atoms with Gasteiger partial charge in [0.05, 0.1) is 23.5 Å². The van der Waals surface area contributed by atoms with Crippen LogP contribution in [0.1, 0.15) is 28.3 Å². The lowest BCUT2D eigenvalue weighted by atomic mass is 10.4. The van der Waals surface area contributed by atoms with Crippen molar-refractivity contribution in [3.63, 3.8) is 0 Å². The molecule has 3 nitrogen and oxygen atoms in total. The summed E-state index contributed by atoms with van der Waals surface area (Å²) < 4.78 is 1.95. The van der Waals surface area contributed by atoms with Gasteiger partial charge in [0.2, 0.25) is 0 Å². The molecule has 18 heavy (non-hydrogen) atoms. The molecule has 1 aliphatic carbocycles. The third-order valence-electron chi connectivity index (χ3n) is 3.21. The van der Waals surface area contributed by atoms with Crippen LogP contribution < -0.4 is 5.32 Å². The summed E-state index contributed by atoms with van der Waals surface area (Å²) in [5, 5.41) is 8.55. The molecule has 1 aliphatic rings. The van der Waals surface area contributed by atoms with Crippen molar-refractivity contribution in [2.75, 3.05) is 0 Å². The first-order chi connectivity index (χ1) is 8.72. The summed E-state index contributed by atoms with van der Waals surface area (Å²) in [6.07, 6.45) is 4.38. The topological polar surface area (TPSA) is 29.9 Å². The van der Waals surface area contributed by atoms with Crippen molar-refractivity contribution in [2.45, 2.75) is 38.9 Å². The van der Waals surface area contributed by atoms with Crippen molar-refractivity contribution in [1.82, 2.24) is 15.1 Å². The fourth-order valence-corrected chi connectivity index (χ4v) is 2.96. The van der Waals surface area contributed by atoms with E-state index in [1.54, 1.807) is 6.20 Å². The van der Waals surface area contributed by atoms with Gasteiger partial charge in [0, 0.05) is 22.3 Å². The van der Waals surface area contributed by atoms with Gasteiger partial charge in [-0.3, -0.25) is 4.68 Å². The number of halogens is 1. The van der Waals surface area contributed by atoms with E-state index in [0.717, 1.165) is 29.8 Å². The molecule has 2 heterocycles. The second-order valence-corrected chi connectivity index (χ2v) is 6.42. The highest BCUT2D eigenvalue weighted by Crippen LogP contribution is 2.23. The van der Waals surface area contributed by atoms with Gasteiger partial charge in [0.1, 0.15) is 0 Å². The molecule has 96 valence electrons. The minimum Gasteiger partial charge on any atom is -0.309 e. The Morgan fingerprint density at radius 2 is 2.22 bits per heavy atom. The van der Waals surface area contributed by atoms with Crippen LogP contribution in [0.25, 0.3) is 0 Å². The molecule has 0 bridgehead atoms. The van der Waals surface area contributed by atoms with Crippen LogP contribution in [0, 0.1) is 6.92 Å². The van der Waals surface area contributed by atoms with E-state index in [9.17, 15) is 0 Å². The van der Waals surface area contributed by atoms with Crippen molar-refractivity contribution >= 4 is 22.9 Å². The fraction of sp³-hybridized carbons (Fsp3) is 0.462. The molecule has 0 aliphatic heterocycles. The van der Waals surface area contributed by atoms with E-state index in [-0.39, 0.29) is 0 Å². The van der Waals surface area contributed by atoms with Crippen molar-refractivity contribution in [3.05, 3.63) is 38.8 Å². The largest absolute Gasteiger partial charge is 0.309 e. The number of hydrogen-bond acceptors (Lipinski definition) is 3. The molecular formula is C13H16ClN3S. The van der Waals surface area contributed by atoms with Crippen LogP contribution >= 0.6 is 22.9 Å². The number of thiophene rings is 1. The first-order valence-electron chi connectivity index (χ1n) is 6.21. The second-order valence-electron chi connectivity index (χ2n) is 4.76. The van der Waals surface area contributed by atoms with E-state index in [1.807, 2.05) is 22.9 Å². The maximum Gasteiger partial charge on any atom is 0.0815 e. The quantitative estimate of drug-likeness (QED) is 0.912. The lowest BCUT2D eigenvalue weighted by molar-refractivity contribution is 0.672. The van der Waals surface area contributed by atoms with E-state index in [1.165, 1.54) is 22.6 Å². The number of nitrogens with zero attached hydrogens (tertiary/aromatic N) is 2. The molecule has 0 atom stereocenters. The summed E-state index contributed by atoms with van der Waals surface area (Å²) >= 11 is 7.85. The number of nitrogens with one attached hydrogen (secondary N) is 1. The van der Waals surface area contributed by atoms with Gasteiger partial charge in [-0.05, 0) is 31.9 Å². The van der Waals surface area contributed by atoms with E-state index in [0.29, 0.717) is 0 Å². The normalized spacial score (nSPS) is 15.2. The average Bonchev–Trinajstić information content (AvgIpc) is 3.02. The summed E-state index contributed by atoms with van der Waals surface area (Å²) in [6, 6.07) is 5.15. The first kappa shape index (κ1) is 12.2. The standard InChI is InChI=1S/C13H16ClN3S/c1-9-13(14)7-16-17(9)8-12-5-4-11(18-12)6-15-10-2-3-10/h4-5,7,10,15H,2-3,6,8H2,1H3. The van der Waals surface area contributed by atoms with Gasteiger partial charge in [-0.25, -0.2) is 0 Å². The molecular weight excluding hydrogens is 266 g/mol.